The van der Waals surface area contributed by atoms with E-state index in [1.54, 1.807) is 0 Å². The minimum Gasteiger partial charge on any atom is -0.330 e. The lowest BCUT2D eigenvalue weighted by Crippen LogP contribution is -2.30. The Bertz CT molecular complexity index is 201. The van der Waals surface area contributed by atoms with Crippen LogP contribution in [-0.2, 0) is 0 Å². The second-order valence-corrected chi connectivity index (χ2v) is 7.27. The zero-order valence-corrected chi connectivity index (χ0v) is 14.0. The van der Waals surface area contributed by atoms with Gasteiger partial charge >= 0.3 is 0 Å². The normalized spacial score (nSPS) is 16.9. The Morgan fingerprint density at radius 1 is 0.789 bits per heavy atom. The first-order valence-electron chi connectivity index (χ1n) is 8.32. The summed E-state index contributed by atoms with van der Waals surface area (Å²) in [6, 6.07) is 0.370. The molecule has 2 nitrogen and oxygen atoms in total. The number of hydrogen-bond acceptors (Lipinski definition) is 2. The third-order valence-electron chi connectivity index (χ3n) is 4.13. The average Bonchev–Trinajstić information content (AvgIpc) is 2.32. The molecule has 0 heterocycles. The Labute approximate surface area is 121 Å². The average molecular weight is 271 g/mol. The summed E-state index contributed by atoms with van der Waals surface area (Å²) in [5.41, 5.74) is 12.0. The van der Waals surface area contributed by atoms with Crippen LogP contribution in [0.15, 0.2) is 0 Å². The summed E-state index contributed by atoms with van der Waals surface area (Å²) in [5.74, 6) is 2.99. The van der Waals surface area contributed by atoms with E-state index in [2.05, 4.69) is 34.6 Å². The Hall–Kier alpha value is -0.0800. The molecule has 0 fully saturated rings. The Morgan fingerprint density at radius 2 is 1.42 bits per heavy atom. The molecule has 3 unspecified atom stereocenters. The van der Waals surface area contributed by atoms with E-state index < -0.39 is 0 Å². The van der Waals surface area contributed by atoms with Gasteiger partial charge < -0.3 is 11.5 Å². The van der Waals surface area contributed by atoms with Crippen molar-refractivity contribution in [3.05, 3.63) is 0 Å². The highest BCUT2D eigenvalue weighted by molar-refractivity contribution is 4.74. The number of hydrogen-bond donors (Lipinski definition) is 2. The van der Waals surface area contributed by atoms with Gasteiger partial charge in [0.2, 0.25) is 0 Å². The van der Waals surface area contributed by atoms with Gasteiger partial charge in [-0.15, -0.1) is 0 Å². The second kappa shape index (κ2) is 10.7. The van der Waals surface area contributed by atoms with Crippen LogP contribution < -0.4 is 11.5 Å². The summed E-state index contributed by atoms with van der Waals surface area (Å²) in [6.07, 6.45) is 7.45. The lowest BCUT2D eigenvalue weighted by Gasteiger charge is -2.27. The fourth-order valence-corrected chi connectivity index (χ4v) is 2.92. The van der Waals surface area contributed by atoms with Crippen LogP contribution in [-0.4, -0.2) is 12.6 Å². The molecule has 4 N–H and O–H groups in total. The highest BCUT2D eigenvalue weighted by Gasteiger charge is 2.19. The van der Waals surface area contributed by atoms with Crippen LogP contribution in [0.5, 0.6) is 0 Å². The van der Waals surface area contributed by atoms with Gasteiger partial charge in [0.05, 0.1) is 0 Å². The van der Waals surface area contributed by atoms with Crippen molar-refractivity contribution in [2.75, 3.05) is 6.54 Å². The standard InChI is InChI=1S/C17H38N2/c1-13(2)8-9-17(19)15(5)12-16(7-6-10-18)11-14(3)4/h13-17H,6-12,18-19H2,1-5H3. The quantitative estimate of drug-likeness (QED) is 0.592. The molecule has 0 saturated carbocycles. The maximum absolute atomic E-state index is 6.35. The SMILES string of the molecule is CC(C)CCC(N)C(C)CC(CCCN)CC(C)C. The summed E-state index contributed by atoms with van der Waals surface area (Å²) < 4.78 is 0. The molecule has 0 saturated heterocycles. The van der Waals surface area contributed by atoms with Gasteiger partial charge in [-0.3, -0.25) is 0 Å². The van der Waals surface area contributed by atoms with Gasteiger partial charge in [0.1, 0.15) is 0 Å². The van der Waals surface area contributed by atoms with Crippen molar-refractivity contribution < 1.29 is 0 Å². The van der Waals surface area contributed by atoms with Crippen LogP contribution in [0.25, 0.3) is 0 Å². The van der Waals surface area contributed by atoms with Crippen LogP contribution in [0, 0.1) is 23.7 Å². The monoisotopic (exact) mass is 270 g/mol. The van der Waals surface area contributed by atoms with Gasteiger partial charge in [0, 0.05) is 6.04 Å². The Kier molecular flexibility index (Phi) is 10.6. The van der Waals surface area contributed by atoms with E-state index in [0.717, 1.165) is 30.7 Å². The summed E-state index contributed by atoms with van der Waals surface area (Å²) in [6.45, 7) is 12.3. The largest absolute Gasteiger partial charge is 0.330 e. The third-order valence-corrected chi connectivity index (χ3v) is 4.13. The predicted octanol–water partition coefficient (Wildman–Crippen LogP) is 4.18. The van der Waals surface area contributed by atoms with Crippen molar-refractivity contribution >= 4 is 0 Å². The van der Waals surface area contributed by atoms with Crippen molar-refractivity contribution in [2.45, 2.75) is 79.2 Å². The van der Waals surface area contributed by atoms with Crippen LogP contribution >= 0.6 is 0 Å². The minimum atomic E-state index is 0.370. The molecule has 2 heteroatoms. The van der Waals surface area contributed by atoms with Crippen molar-refractivity contribution in [3.8, 4) is 0 Å². The molecule has 3 atom stereocenters. The van der Waals surface area contributed by atoms with Crippen LogP contribution in [0.2, 0.25) is 0 Å². The van der Waals surface area contributed by atoms with E-state index in [9.17, 15) is 0 Å². The molecule has 0 aromatic carbocycles. The molecule has 0 aliphatic heterocycles. The Balaban J connectivity index is 4.15. The topological polar surface area (TPSA) is 52.0 Å². The molecule has 0 amide bonds. The summed E-state index contributed by atoms with van der Waals surface area (Å²) in [4.78, 5) is 0. The molecule has 0 aromatic rings. The van der Waals surface area contributed by atoms with E-state index in [4.69, 9.17) is 11.5 Å². The van der Waals surface area contributed by atoms with Crippen molar-refractivity contribution in [3.63, 3.8) is 0 Å². The van der Waals surface area contributed by atoms with E-state index in [0.29, 0.717) is 12.0 Å². The van der Waals surface area contributed by atoms with Gasteiger partial charge in [0.25, 0.3) is 0 Å². The highest BCUT2D eigenvalue weighted by Crippen LogP contribution is 2.26. The van der Waals surface area contributed by atoms with Crippen LogP contribution in [0.1, 0.15) is 73.1 Å². The highest BCUT2D eigenvalue weighted by atomic mass is 14.6. The maximum Gasteiger partial charge on any atom is 0.00647 e. The van der Waals surface area contributed by atoms with Gasteiger partial charge in [0.15, 0.2) is 0 Å². The van der Waals surface area contributed by atoms with E-state index in [1.165, 1.54) is 32.1 Å². The molecule has 19 heavy (non-hydrogen) atoms. The van der Waals surface area contributed by atoms with E-state index in [-0.39, 0.29) is 0 Å². The molecule has 0 bridgehead atoms. The third kappa shape index (κ3) is 10.4. The van der Waals surface area contributed by atoms with E-state index in [1.807, 2.05) is 0 Å². The van der Waals surface area contributed by atoms with Crippen molar-refractivity contribution in [2.24, 2.45) is 35.1 Å². The first kappa shape index (κ1) is 18.9. The van der Waals surface area contributed by atoms with Crippen molar-refractivity contribution in [1.82, 2.24) is 0 Å². The smallest absolute Gasteiger partial charge is 0.00647 e. The van der Waals surface area contributed by atoms with Crippen molar-refractivity contribution in [1.29, 1.82) is 0 Å². The van der Waals surface area contributed by atoms with Crippen LogP contribution in [0.4, 0.5) is 0 Å². The van der Waals surface area contributed by atoms with Crippen LogP contribution in [0.3, 0.4) is 0 Å². The lowest BCUT2D eigenvalue weighted by atomic mass is 9.82. The molecule has 0 aliphatic carbocycles. The van der Waals surface area contributed by atoms with Gasteiger partial charge in [-0.05, 0) is 68.7 Å². The van der Waals surface area contributed by atoms with Gasteiger partial charge in [-0.25, -0.2) is 0 Å². The summed E-state index contributed by atoms with van der Waals surface area (Å²) in [5, 5.41) is 0. The minimum absolute atomic E-state index is 0.370. The summed E-state index contributed by atoms with van der Waals surface area (Å²) in [7, 11) is 0. The lowest BCUT2D eigenvalue weighted by molar-refractivity contribution is 0.275. The second-order valence-electron chi connectivity index (χ2n) is 7.27. The number of nitrogens with two attached hydrogens (primary N) is 2. The van der Waals surface area contributed by atoms with E-state index >= 15 is 0 Å². The van der Waals surface area contributed by atoms with Gasteiger partial charge in [-0.1, -0.05) is 34.6 Å². The number of rotatable bonds is 11. The first-order chi connectivity index (χ1) is 8.86. The Morgan fingerprint density at radius 3 is 1.89 bits per heavy atom. The fourth-order valence-electron chi connectivity index (χ4n) is 2.92. The molecule has 0 rings (SSSR count). The first-order valence-corrected chi connectivity index (χ1v) is 8.32. The molecule has 116 valence electrons. The molecule has 0 spiro atoms. The molecular weight excluding hydrogens is 232 g/mol. The maximum atomic E-state index is 6.35. The molecule has 0 radical (unpaired) electrons. The molecular formula is C17H38N2. The zero-order chi connectivity index (χ0) is 14.8. The zero-order valence-electron chi connectivity index (χ0n) is 14.0. The van der Waals surface area contributed by atoms with Gasteiger partial charge in [-0.2, -0.15) is 0 Å². The predicted molar refractivity (Wildman–Crippen MR) is 87.1 cm³/mol. The fraction of sp³-hybridized carbons (Fsp3) is 1.00. The summed E-state index contributed by atoms with van der Waals surface area (Å²) >= 11 is 0. The molecule has 0 aromatic heterocycles. The molecule has 0 aliphatic rings.